The molecule has 4 heteroatoms. The van der Waals surface area contributed by atoms with Crippen LogP contribution in [-0.2, 0) is 9.53 Å². The largest absolute Gasteiger partial charge is 0.380 e. The highest BCUT2D eigenvalue weighted by atomic mass is 16.5. The first-order valence-corrected chi connectivity index (χ1v) is 7.26. The van der Waals surface area contributed by atoms with Crippen molar-refractivity contribution in [2.75, 3.05) is 19.8 Å². The van der Waals surface area contributed by atoms with E-state index in [2.05, 4.69) is 26.1 Å². The maximum Gasteiger partial charge on any atom is 0.241 e. The van der Waals surface area contributed by atoms with Crippen LogP contribution in [0, 0.1) is 5.92 Å². The van der Waals surface area contributed by atoms with Crippen LogP contribution in [0.3, 0.4) is 0 Å². The monoisotopic (exact) mass is 256 g/mol. The van der Waals surface area contributed by atoms with E-state index in [1.807, 2.05) is 11.8 Å². The van der Waals surface area contributed by atoms with Crippen LogP contribution >= 0.6 is 0 Å². The van der Waals surface area contributed by atoms with Gasteiger partial charge in [-0.2, -0.15) is 0 Å². The molecule has 0 spiro atoms. The Morgan fingerprint density at radius 3 is 2.72 bits per heavy atom. The number of amides is 1. The quantitative estimate of drug-likeness (QED) is 0.675. The van der Waals surface area contributed by atoms with Crippen molar-refractivity contribution in [2.45, 2.75) is 59.2 Å². The molecule has 0 saturated carbocycles. The van der Waals surface area contributed by atoms with Gasteiger partial charge in [-0.25, -0.2) is 0 Å². The number of rotatable bonds is 8. The number of carbonyl (C=O) groups is 1. The molecular formula is C14H28N2O2. The van der Waals surface area contributed by atoms with Gasteiger partial charge >= 0.3 is 0 Å². The number of hydrogen-bond acceptors (Lipinski definition) is 3. The van der Waals surface area contributed by atoms with Crippen molar-refractivity contribution in [3.63, 3.8) is 0 Å². The van der Waals surface area contributed by atoms with E-state index in [0.29, 0.717) is 19.1 Å². The minimum absolute atomic E-state index is 0.0133. The van der Waals surface area contributed by atoms with Gasteiger partial charge in [0.05, 0.1) is 18.8 Å². The van der Waals surface area contributed by atoms with Crippen LogP contribution < -0.4 is 5.32 Å². The fraction of sp³-hybridized carbons (Fsp3) is 0.929. The molecule has 0 aromatic rings. The van der Waals surface area contributed by atoms with E-state index in [1.165, 1.54) is 0 Å². The molecule has 3 unspecified atom stereocenters. The van der Waals surface area contributed by atoms with Gasteiger partial charge in [-0.05, 0) is 19.3 Å². The fourth-order valence-electron chi connectivity index (χ4n) is 2.25. The summed E-state index contributed by atoms with van der Waals surface area (Å²) in [6, 6.07) is -0.0133. The van der Waals surface area contributed by atoms with Crippen molar-refractivity contribution in [3.8, 4) is 0 Å². The summed E-state index contributed by atoms with van der Waals surface area (Å²) in [5.41, 5.74) is 0. The Morgan fingerprint density at radius 2 is 2.11 bits per heavy atom. The molecule has 0 aliphatic carbocycles. The summed E-state index contributed by atoms with van der Waals surface area (Å²) in [5, 5.41) is 3.38. The van der Waals surface area contributed by atoms with Crippen LogP contribution in [0.1, 0.15) is 47.0 Å². The molecule has 1 fully saturated rings. The smallest absolute Gasteiger partial charge is 0.241 e. The van der Waals surface area contributed by atoms with Crippen LogP contribution in [0.2, 0.25) is 0 Å². The average molecular weight is 256 g/mol. The molecule has 0 bridgehead atoms. The molecule has 1 saturated heterocycles. The van der Waals surface area contributed by atoms with Crippen molar-refractivity contribution in [3.05, 3.63) is 0 Å². The van der Waals surface area contributed by atoms with Crippen molar-refractivity contribution in [1.82, 2.24) is 10.2 Å². The Labute approximate surface area is 111 Å². The normalized spacial score (nSPS) is 25.8. The maximum absolute atomic E-state index is 12.2. The third-order valence-corrected chi connectivity index (χ3v) is 3.77. The van der Waals surface area contributed by atoms with Crippen LogP contribution in [0.5, 0.6) is 0 Å². The number of hydrogen-bond donors (Lipinski definition) is 1. The summed E-state index contributed by atoms with van der Waals surface area (Å²) in [7, 11) is 0. The first kappa shape index (κ1) is 15.4. The van der Waals surface area contributed by atoms with E-state index in [1.54, 1.807) is 0 Å². The second kappa shape index (κ2) is 7.74. The van der Waals surface area contributed by atoms with E-state index >= 15 is 0 Å². The predicted octanol–water partition coefficient (Wildman–Crippen LogP) is 2.00. The Kier molecular flexibility index (Phi) is 6.65. The van der Waals surface area contributed by atoms with Gasteiger partial charge in [-0.15, -0.1) is 0 Å². The summed E-state index contributed by atoms with van der Waals surface area (Å²) in [4.78, 5) is 14.1. The fourth-order valence-corrected chi connectivity index (χ4v) is 2.25. The molecular weight excluding hydrogens is 228 g/mol. The van der Waals surface area contributed by atoms with Gasteiger partial charge in [-0.3, -0.25) is 10.1 Å². The van der Waals surface area contributed by atoms with Crippen LogP contribution in [-0.4, -0.2) is 42.8 Å². The van der Waals surface area contributed by atoms with E-state index in [0.717, 1.165) is 25.9 Å². The standard InChI is InChI=1S/C14H28N2O2/c1-5-7-9-18-10-8-16-12(4)15-13(14(16)17)11(3)6-2/h11-13,15H,5-10H2,1-4H3. The highest BCUT2D eigenvalue weighted by Gasteiger charge is 2.38. The number of carbonyl (C=O) groups excluding carboxylic acids is 1. The zero-order valence-corrected chi connectivity index (χ0v) is 12.2. The molecule has 0 aromatic carbocycles. The van der Waals surface area contributed by atoms with Crippen molar-refractivity contribution in [2.24, 2.45) is 5.92 Å². The molecule has 1 aliphatic rings. The first-order chi connectivity index (χ1) is 8.61. The van der Waals surface area contributed by atoms with E-state index in [4.69, 9.17) is 4.74 Å². The highest BCUT2D eigenvalue weighted by molar-refractivity contribution is 5.84. The predicted molar refractivity (Wildman–Crippen MR) is 73.3 cm³/mol. The molecule has 0 aromatic heterocycles. The Bertz CT molecular complexity index is 258. The van der Waals surface area contributed by atoms with Gasteiger partial charge in [0, 0.05) is 13.2 Å². The third-order valence-electron chi connectivity index (χ3n) is 3.77. The van der Waals surface area contributed by atoms with Gasteiger partial charge in [-0.1, -0.05) is 33.6 Å². The zero-order valence-electron chi connectivity index (χ0n) is 12.2. The molecule has 18 heavy (non-hydrogen) atoms. The number of nitrogens with zero attached hydrogens (tertiary/aromatic N) is 1. The molecule has 3 atom stereocenters. The van der Waals surface area contributed by atoms with E-state index in [9.17, 15) is 4.79 Å². The van der Waals surface area contributed by atoms with E-state index in [-0.39, 0.29) is 18.1 Å². The summed E-state index contributed by atoms with van der Waals surface area (Å²) in [6.07, 6.45) is 3.40. The zero-order chi connectivity index (χ0) is 13.5. The van der Waals surface area contributed by atoms with Crippen molar-refractivity contribution in [1.29, 1.82) is 0 Å². The molecule has 1 N–H and O–H groups in total. The maximum atomic E-state index is 12.2. The van der Waals surface area contributed by atoms with Crippen molar-refractivity contribution >= 4 is 5.91 Å². The molecule has 1 aliphatic heterocycles. The number of nitrogens with one attached hydrogen (secondary N) is 1. The van der Waals surface area contributed by atoms with Crippen LogP contribution in [0.15, 0.2) is 0 Å². The third kappa shape index (κ3) is 3.95. The second-order valence-corrected chi connectivity index (χ2v) is 5.20. The summed E-state index contributed by atoms with van der Waals surface area (Å²) >= 11 is 0. The topological polar surface area (TPSA) is 41.6 Å². The molecule has 4 nitrogen and oxygen atoms in total. The molecule has 1 amide bonds. The number of unbranched alkanes of at least 4 members (excludes halogenated alkanes) is 1. The molecule has 1 heterocycles. The highest BCUT2D eigenvalue weighted by Crippen LogP contribution is 2.18. The summed E-state index contributed by atoms with van der Waals surface area (Å²) in [6.45, 7) is 10.6. The van der Waals surface area contributed by atoms with Gasteiger partial charge in [0.1, 0.15) is 0 Å². The minimum atomic E-state index is -0.0133. The first-order valence-electron chi connectivity index (χ1n) is 7.26. The lowest BCUT2D eigenvalue weighted by molar-refractivity contribution is -0.131. The number of ether oxygens (including phenoxy) is 1. The molecule has 106 valence electrons. The van der Waals surface area contributed by atoms with Gasteiger partial charge in [0.15, 0.2) is 0 Å². The van der Waals surface area contributed by atoms with Gasteiger partial charge < -0.3 is 9.64 Å². The SMILES string of the molecule is CCCCOCCN1C(=O)C(C(C)CC)NC1C. The Hall–Kier alpha value is -0.610. The molecule has 1 rings (SSSR count). The van der Waals surface area contributed by atoms with Crippen LogP contribution in [0.4, 0.5) is 0 Å². The summed E-state index contributed by atoms with van der Waals surface area (Å²) in [5.74, 6) is 0.627. The Morgan fingerprint density at radius 1 is 1.39 bits per heavy atom. The van der Waals surface area contributed by atoms with Crippen molar-refractivity contribution < 1.29 is 9.53 Å². The lowest BCUT2D eigenvalue weighted by Crippen LogP contribution is -2.37. The lowest BCUT2D eigenvalue weighted by Gasteiger charge is -2.20. The average Bonchev–Trinajstić information content (AvgIpc) is 2.65. The second-order valence-electron chi connectivity index (χ2n) is 5.20. The van der Waals surface area contributed by atoms with Gasteiger partial charge in [0.25, 0.3) is 0 Å². The van der Waals surface area contributed by atoms with E-state index < -0.39 is 0 Å². The molecule has 0 radical (unpaired) electrons. The minimum Gasteiger partial charge on any atom is -0.380 e. The van der Waals surface area contributed by atoms with Gasteiger partial charge in [0.2, 0.25) is 5.91 Å². The lowest BCUT2D eigenvalue weighted by atomic mass is 9.99. The Balaban J connectivity index is 2.35. The van der Waals surface area contributed by atoms with Crippen LogP contribution in [0.25, 0.3) is 0 Å². The summed E-state index contributed by atoms with van der Waals surface area (Å²) < 4.78 is 5.53.